The number of amides is 1. The van der Waals surface area contributed by atoms with Gasteiger partial charge < -0.3 is 10.6 Å². The quantitative estimate of drug-likeness (QED) is 0.869. The molecule has 3 nitrogen and oxygen atoms in total. The van der Waals surface area contributed by atoms with Crippen LogP contribution in [0.1, 0.15) is 19.3 Å². The molecule has 2 N–H and O–H groups in total. The predicted molar refractivity (Wildman–Crippen MR) is 70.3 cm³/mol. The first-order valence-corrected chi connectivity index (χ1v) is 6.38. The summed E-state index contributed by atoms with van der Waals surface area (Å²) in [4.78, 5) is 11.8. The molecule has 1 aromatic rings. The number of nitrogens with one attached hydrogen (secondary N) is 2. The Hall–Kier alpha value is -1.06. The Morgan fingerprint density at radius 3 is 2.88 bits per heavy atom. The molecule has 1 saturated heterocycles. The van der Waals surface area contributed by atoms with Crippen LogP contribution in [0.5, 0.6) is 0 Å². The molecule has 1 fully saturated rings. The zero-order valence-corrected chi connectivity index (χ0v) is 10.5. The third kappa shape index (κ3) is 4.02. The molecule has 2 rings (SSSR count). The number of rotatable bonds is 3. The first-order valence-electron chi connectivity index (χ1n) is 6.00. The van der Waals surface area contributed by atoms with Gasteiger partial charge in [-0.15, -0.1) is 0 Å². The predicted octanol–water partition coefficient (Wildman–Crippen LogP) is 2.67. The summed E-state index contributed by atoms with van der Waals surface area (Å²) in [6, 6.07) is 7.25. The van der Waals surface area contributed by atoms with E-state index < -0.39 is 0 Å². The van der Waals surface area contributed by atoms with Crippen LogP contribution in [0.2, 0.25) is 5.02 Å². The molecule has 0 unspecified atom stereocenters. The summed E-state index contributed by atoms with van der Waals surface area (Å²) in [5.41, 5.74) is 0.774. The van der Waals surface area contributed by atoms with E-state index in [0.29, 0.717) is 17.4 Å². The van der Waals surface area contributed by atoms with E-state index in [1.54, 1.807) is 12.1 Å². The third-order valence-corrected chi connectivity index (χ3v) is 3.28. The molecule has 1 heterocycles. The highest BCUT2D eigenvalue weighted by molar-refractivity contribution is 6.30. The smallest absolute Gasteiger partial charge is 0.224 e. The van der Waals surface area contributed by atoms with Gasteiger partial charge in [0.1, 0.15) is 0 Å². The van der Waals surface area contributed by atoms with Crippen molar-refractivity contribution in [1.82, 2.24) is 5.32 Å². The van der Waals surface area contributed by atoms with Crippen molar-refractivity contribution in [3.8, 4) is 0 Å². The van der Waals surface area contributed by atoms with Crippen LogP contribution >= 0.6 is 11.6 Å². The van der Waals surface area contributed by atoms with E-state index >= 15 is 0 Å². The Balaban J connectivity index is 1.84. The number of carbonyl (C=O) groups is 1. The minimum atomic E-state index is 0.0826. The fourth-order valence-corrected chi connectivity index (χ4v) is 2.32. The van der Waals surface area contributed by atoms with Gasteiger partial charge in [-0.25, -0.2) is 0 Å². The molecule has 0 aliphatic carbocycles. The summed E-state index contributed by atoms with van der Waals surface area (Å²) in [6.45, 7) is 2.05. The maximum atomic E-state index is 11.8. The van der Waals surface area contributed by atoms with E-state index in [4.69, 9.17) is 11.6 Å². The van der Waals surface area contributed by atoms with Gasteiger partial charge in [-0.3, -0.25) is 4.79 Å². The number of benzene rings is 1. The molecule has 4 heteroatoms. The SMILES string of the molecule is O=C(CC1CCNCC1)Nc1cccc(Cl)c1. The lowest BCUT2D eigenvalue weighted by Gasteiger charge is -2.21. The van der Waals surface area contributed by atoms with Crippen molar-refractivity contribution in [3.63, 3.8) is 0 Å². The van der Waals surface area contributed by atoms with Crippen molar-refractivity contribution < 1.29 is 4.79 Å². The highest BCUT2D eigenvalue weighted by Gasteiger charge is 2.16. The number of piperidine rings is 1. The summed E-state index contributed by atoms with van der Waals surface area (Å²) < 4.78 is 0. The van der Waals surface area contributed by atoms with Crippen molar-refractivity contribution in [2.24, 2.45) is 5.92 Å². The number of carbonyl (C=O) groups excluding carboxylic acids is 1. The van der Waals surface area contributed by atoms with Crippen LogP contribution in [0.4, 0.5) is 5.69 Å². The van der Waals surface area contributed by atoms with Crippen LogP contribution in [0.25, 0.3) is 0 Å². The Labute approximate surface area is 107 Å². The number of anilines is 1. The van der Waals surface area contributed by atoms with E-state index in [2.05, 4.69) is 10.6 Å². The maximum absolute atomic E-state index is 11.8. The molecular weight excluding hydrogens is 236 g/mol. The zero-order chi connectivity index (χ0) is 12.1. The second kappa shape index (κ2) is 6.03. The maximum Gasteiger partial charge on any atom is 0.224 e. The Kier molecular flexibility index (Phi) is 4.40. The van der Waals surface area contributed by atoms with Crippen LogP contribution in [-0.4, -0.2) is 19.0 Å². The highest BCUT2D eigenvalue weighted by Crippen LogP contribution is 2.18. The van der Waals surface area contributed by atoms with E-state index in [-0.39, 0.29) is 5.91 Å². The standard InChI is InChI=1S/C13H17ClN2O/c14-11-2-1-3-12(9-11)16-13(17)8-10-4-6-15-7-5-10/h1-3,9-10,15H,4-8H2,(H,16,17). The van der Waals surface area contributed by atoms with Crippen molar-refractivity contribution >= 4 is 23.2 Å². The first-order chi connectivity index (χ1) is 8.24. The van der Waals surface area contributed by atoms with Gasteiger partial charge in [0.2, 0.25) is 5.91 Å². The summed E-state index contributed by atoms with van der Waals surface area (Å²) in [7, 11) is 0. The second-order valence-corrected chi connectivity index (χ2v) is 4.89. The number of hydrogen-bond acceptors (Lipinski definition) is 2. The summed E-state index contributed by atoms with van der Waals surface area (Å²) >= 11 is 5.86. The fourth-order valence-electron chi connectivity index (χ4n) is 2.13. The van der Waals surface area contributed by atoms with Crippen molar-refractivity contribution in [3.05, 3.63) is 29.3 Å². The minimum Gasteiger partial charge on any atom is -0.326 e. The molecule has 0 saturated carbocycles. The molecule has 1 amide bonds. The zero-order valence-electron chi connectivity index (χ0n) is 9.71. The molecule has 0 spiro atoms. The molecule has 1 aromatic carbocycles. The van der Waals surface area contributed by atoms with Crippen LogP contribution < -0.4 is 10.6 Å². The molecule has 1 aliphatic heterocycles. The monoisotopic (exact) mass is 252 g/mol. The molecule has 17 heavy (non-hydrogen) atoms. The number of hydrogen-bond donors (Lipinski definition) is 2. The van der Waals surface area contributed by atoms with E-state index in [1.165, 1.54) is 0 Å². The first kappa shape index (κ1) is 12.4. The van der Waals surface area contributed by atoms with Crippen molar-refractivity contribution in [2.75, 3.05) is 18.4 Å². The van der Waals surface area contributed by atoms with Gasteiger partial charge in [0.05, 0.1) is 0 Å². The summed E-state index contributed by atoms with van der Waals surface area (Å²) in [5, 5.41) is 6.83. The average Bonchev–Trinajstić information content (AvgIpc) is 2.30. The van der Waals surface area contributed by atoms with Gasteiger partial charge in [-0.05, 0) is 50.0 Å². The molecule has 92 valence electrons. The van der Waals surface area contributed by atoms with Gasteiger partial charge >= 0.3 is 0 Å². The normalized spacial score (nSPS) is 16.8. The van der Waals surface area contributed by atoms with Crippen LogP contribution in [0.3, 0.4) is 0 Å². The minimum absolute atomic E-state index is 0.0826. The fraction of sp³-hybridized carbons (Fsp3) is 0.462. The van der Waals surface area contributed by atoms with Gasteiger partial charge in [-0.1, -0.05) is 17.7 Å². The Morgan fingerprint density at radius 2 is 2.18 bits per heavy atom. The van der Waals surface area contributed by atoms with E-state index in [0.717, 1.165) is 31.6 Å². The van der Waals surface area contributed by atoms with E-state index in [9.17, 15) is 4.79 Å². The van der Waals surface area contributed by atoms with Gasteiger partial charge in [-0.2, -0.15) is 0 Å². The van der Waals surface area contributed by atoms with E-state index in [1.807, 2.05) is 12.1 Å². The van der Waals surface area contributed by atoms with Gasteiger partial charge in [0.15, 0.2) is 0 Å². The lowest BCUT2D eigenvalue weighted by Crippen LogP contribution is -2.30. The van der Waals surface area contributed by atoms with Crippen molar-refractivity contribution in [2.45, 2.75) is 19.3 Å². The molecule has 0 radical (unpaired) electrons. The van der Waals surface area contributed by atoms with Crippen LogP contribution in [-0.2, 0) is 4.79 Å². The average molecular weight is 253 g/mol. The summed E-state index contributed by atoms with van der Waals surface area (Å²) in [5.74, 6) is 0.592. The molecule has 0 bridgehead atoms. The third-order valence-electron chi connectivity index (χ3n) is 3.04. The molecular formula is C13H17ClN2O. The van der Waals surface area contributed by atoms with Gasteiger partial charge in [0, 0.05) is 17.1 Å². The number of halogens is 1. The summed E-state index contributed by atoms with van der Waals surface area (Å²) in [6.07, 6.45) is 2.78. The van der Waals surface area contributed by atoms with Crippen LogP contribution in [0.15, 0.2) is 24.3 Å². The van der Waals surface area contributed by atoms with Crippen molar-refractivity contribution in [1.29, 1.82) is 0 Å². The molecule has 1 aliphatic rings. The highest BCUT2D eigenvalue weighted by atomic mass is 35.5. The van der Waals surface area contributed by atoms with Gasteiger partial charge in [0.25, 0.3) is 0 Å². The van der Waals surface area contributed by atoms with Crippen LogP contribution in [0, 0.1) is 5.92 Å². The Morgan fingerprint density at radius 1 is 1.41 bits per heavy atom. The Bertz CT molecular complexity index is 389. The lowest BCUT2D eigenvalue weighted by atomic mass is 9.94. The lowest BCUT2D eigenvalue weighted by molar-refractivity contribution is -0.117. The molecule has 0 atom stereocenters. The molecule has 0 aromatic heterocycles. The largest absolute Gasteiger partial charge is 0.326 e. The topological polar surface area (TPSA) is 41.1 Å². The second-order valence-electron chi connectivity index (χ2n) is 4.46.